The van der Waals surface area contributed by atoms with Gasteiger partial charge in [0, 0.05) is 6.54 Å². The number of nitrogens with two attached hydrogens (primary N) is 1. The maximum absolute atomic E-state index is 12.8. The van der Waals surface area contributed by atoms with Crippen LogP contribution in [0.1, 0.15) is 44.6 Å². The highest BCUT2D eigenvalue weighted by Crippen LogP contribution is 2.26. The van der Waals surface area contributed by atoms with Crippen molar-refractivity contribution in [3.8, 4) is 0 Å². The van der Waals surface area contributed by atoms with Crippen LogP contribution in [0.3, 0.4) is 0 Å². The van der Waals surface area contributed by atoms with Crippen LogP contribution in [0.2, 0.25) is 0 Å². The molecule has 86 valence electrons. The molecule has 1 atom stereocenters. The molecule has 0 saturated carbocycles. The van der Waals surface area contributed by atoms with Crippen LogP contribution < -0.4 is 5.73 Å². The van der Waals surface area contributed by atoms with Crippen molar-refractivity contribution in [3.05, 3.63) is 11.4 Å². The van der Waals surface area contributed by atoms with E-state index in [1.54, 1.807) is 0 Å². The number of rotatable bonds is 4. The highest BCUT2D eigenvalue weighted by Gasteiger charge is 2.24. The SMILES string of the molecule is CC(C)C(C)n1nnc(CN)c1C(F)F. The molecule has 0 amide bonds. The van der Waals surface area contributed by atoms with Crippen molar-refractivity contribution in [2.75, 3.05) is 0 Å². The van der Waals surface area contributed by atoms with Crippen LogP contribution in [0.15, 0.2) is 0 Å². The van der Waals surface area contributed by atoms with Gasteiger partial charge in [-0.1, -0.05) is 19.1 Å². The molecule has 0 aliphatic carbocycles. The Morgan fingerprint density at radius 2 is 1.93 bits per heavy atom. The van der Waals surface area contributed by atoms with E-state index in [1.165, 1.54) is 4.68 Å². The number of hydrogen-bond acceptors (Lipinski definition) is 3. The Hall–Kier alpha value is -1.04. The zero-order valence-corrected chi connectivity index (χ0v) is 9.11. The van der Waals surface area contributed by atoms with Crippen LogP contribution in [0.5, 0.6) is 0 Å². The largest absolute Gasteiger partial charge is 0.325 e. The van der Waals surface area contributed by atoms with Gasteiger partial charge in [-0.05, 0) is 12.8 Å². The van der Waals surface area contributed by atoms with E-state index in [0.717, 1.165) is 0 Å². The van der Waals surface area contributed by atoms with Gasteiger partial charge in [-0.15, -0.1) is 5.10 Å². The number of aromatic nitrogens is 3. The molecule has 1 aromatic heterocycles. The van der Waals surface area contributed by atoms with Gasteiger partial charge in [0.25, 0.3) is 6.43 Å². The predicted molar refractivity (Wildman–Crippen MR) is 52.4 cm³/mol. The lowest BCUT2D eigenvalue weighted by molar-refractivity contribution is 0.132. The fraction of sp³-hybridized carbons (Fsp3) is 0.778. The lowest BCUT2D eigenvalue weighted by Gasteiger charge is -2.18. The van der Waals surface area contributed by atoms with Crippen LogP contribution in [0, 0.1) is 5.92 Å². The molecule has 0 bridgehead atoms. The zero-order chi connectivity index (χ0) is 11.6. The van der Waals surface area contributed by atoms with Gasteiger partial charge >= 0.3 is 0 Å². The summed E-state index contributed by atoms with van der Waals surface area (Å²) in [4.78, 5) is 0. The molecule has 0 spiro atoms. The first-order chi connectivity index (χ1) is 6.99. The zero-order valence-electron chi connectivity index (χ0n) is 9.11. The summed E-state index contributed by atoms with van der Waals surface area (Å²) in [5.41, 5.74) is 5.35. The summed E-state index contributed by atoms with van der Waals surface area (Å²) in [5.74, 6) is 0.217. The number of nitrogens with zero attached hydrogens (tertiary/aromatic N) is 3. The minimum absolute atomic E-state index is 0.00944. The molecular formula is C9H16F2N4. The number of hydrogen-bond donors (Lipinski definition) is 1. The Morgan fingerprint density at radius 3 is 2.33 bits per heavy atom. The Kier molecular flexibility index (Phi) is 3.73. The highest BCUT2D eigenvalue weighted by molar-refractivity contribution is 5.12. The summed E-state index contributed by atoms with van der Waals surface area (Å²) < 4.78 is 26.8. The van der Waals surface area contributed by atoms with E-state index in [1.807, 2.05) is 20.8 Å². The lowest BCUT2D eigenvalue weighted by Crippen LogP contribution is -2.17. The van der Waals surface area contributed by atoms with Crippen LogP contribution >= 0.6 is 0 Å². The van der Waals surface area contributed by atoms with E-state index < -0.39 is 6.43 Å². The first-order valence-corrected chi connectivity index (χ1v) is 4.91. The molecule has 15 heavy (non-hydrogen) atoms. The Balaban J connectivity index is 3.12. The minimum Gasteiger partial charge on any atom is -0.325 e. The smallest absolute Gasteiger partial charge is 0.281 e. The topological polar surface area (TPSA) is 56.7 Å². The van der Waals surface area contributed by atoms with E-state index >= 15 is 0 Å². The quantitative estimate of drug-likeness (QED) is 0.839. The molecule has 0 radical (unpaired) electrons. The molecule has 4 nitrogen and oxygen atoms in total. The van der Waals surface area contributed by atoms with E-state index in [9.17, 15) is 8.78 Å². The van der Waals surface area contributed by atoms with Crippen molar-refractivity contribution < 1.29 is 8.78 Å². The van der Waals surface area contributed by atoms with Crippen LogP contribution in [0.25, 0.3) is 0 Å². The Morgan fingerprint density at radius 1 is 1.33 bits per heavy atom. The molecule has 6 heteroatoms. The van der Waals surface area contributed by atoms with Gasteiger partial charge in [-0.2, -0.15) is 0 Å². The average Bonchev–Trinajstić information content (AvgIpc) is 2.59. The van der Waals surface area contributed by atoms with E-state index in [2.05, 4.69) is 10.3 Å². The second kappa shape index (κ2) is 4.65. The predicted octanol–water partition coefficient (Wildman–Crippen LogP) is 1.89. The summed E-state index contributed by atoms with van der Waals surface area (Å²) in [6.45, 7) is 5.73. The van der Waals surface area contributed by atoms with Crippen LogP contribution in [-0.2, 0) is 6.54 Å². The molecule has 0 aliphatic heterocycles. The van der Waals surface area contributed by atoms with Gasteiger partial charge in [-0.3, -0.25) is 0 Å². The molecular weight excluding hydrogens is 202 g/mol. The summed E-state index contributed by atoms with van der Waals surface area (Å²) in [6.07, 6.45) is -2.58. The normalized spacial score (nSPS) is 13.9. The second-order valence-corrected chi connectivity index (χ2v) is 3.86. The Bertz CT molecular complexity index is 322. The molecule has 2 N–H and O–H groups in total. The van der Waals surface area contributed by atoms with Crippen LogP contribution in [-0.4, -0.2) is 15.0 Å². The molecule has 1 rings (SSSR count). The fourth-order valence-corrected chi connectivity index (χ4v) is 1.29. The summed E-state index contributed by atoms with van der Waals surface area (Å²) >= 11 is 0. The maximum Gasteiger partial charge on any atom is 0.281 e. The van der Waals surface area contributed by atoms with Crippen molar-refractivity contribution >= 4 is 0 Å². The third-order valence-corrected chi connectivity index (χ3v) is 2.55. The monoisotopic (exact) mass is 218 g/mol. The molecule has 1 heterocycles. The van der Waals surface area contributed by atoms with E-state index in [0.29, 0.717) is 0 Å². The standard InChI is InChI=1S/C9H16F2N4/c1-5(2)6(3)15-8(9(10)11)7(4-12)13-14-15/h5-6,9H,4,12H2,1-3H3. The molecule has 0 aliphatic rings. The van der Waals surface area contributed by atoms with Crippen molar-refractivity contribution in [2.24, 2.45) is 11.7 Å². The van der Waals surface area contributed by atoms with Gasteiger partial charge in [0.2, 0.25) is 0 Å². The van der Waals surface area contributed by atoms with Crippen molar-refractivity contribution in [2.45, 2.75) is 39.8 Å². The van der Waals surface area contributed by atoms with Crippen molar-refractivity contribution in [1.29, 1.82) is 0 Å². The lowest BCUT2D eigenvalue weighted by atomic mass is 10.1. The Labute approximate surface area is 87.5 Å². The summed E-state index contributed by atoms with van der Waals surface area (Å²) in [6, 6.07) is -0.109. The highest BCUT2D eigenvalue weighted by atomic mass is 19.3. The first kappa shape index (κ1) is 12.0. The van der Waals surface area contributed by atoms with Gasteiger partial charge in [0.15, 0.2) is 0 Å². The molecule has 0 aromatic carbocycles. The minimum atomic E-state index is -2.58. The van der Waals surface area contributed by atoms with Crippen LogP contribution in [0.4, 0.5) is 8.78 Å². The van der Waals surface area contributed by atoms with Crippen molar-refractivity contribution in [1.82, 2.24) is 15.0 Å². The summed E-state index contributed by atoms with van der Waals surface area (Å²) in [7, 11) is 0. The fourth-order valence-electron chi connectivity index (χ4n) is 1.29. The van der Waals surface area contributed by atoms with Gasteiger partial charge in [0.1, 0.15) is 11.4 Å². The maximum atomic E-state index is 12.8. The van der Waals surface area contributed by atoms with Gasteiger partial charge in [0.05, 0.1) is 6.04 Å². The van der Waals surface area contributed by atoms with Gasteiger partial charge < -0.3 is 5.73 Å². The third kappa shape index (κ3) is 2.31. The van der Waals surface area contributed by atoms with Crippen molar-refractivity contribution in [3.63, 3.8) is 0 Å². The number of halogens is 2. The van der Waals surface area contributed by atoms with Gasteiger partial charge in [-0.25, -0.2) is 13.5 Å². The first-order valence-electron chi connectivity index (χ1n) is 4.91. The molecule has 0 saturated heterocycles. The number of alkyl halides is 2. The molecule has 0 fully saturated rings. The third-order valence-electron chi connectivity index (χ3n) is 2.55. The summed E-state index contributed by atoms with van der Waals surface area (Å²) in [5, 5.41) is 7.40. The molecule has 1 unspecified atom stereocenters. The van der Waals surface area contributed by atoms with E-state index in [-0.39, 0.29) is 29.9 Å². The molecule has 1 aromatic rings. The second-order valence-electron chi connectivity index (χ2n) is 3.86. The van der Waals surface area contributed by atoms with E-state index in [4.69, 9.17) is 5.73 Å². The average molecular weight is 218 g/mol.